The number of carbonyl (C=O) groups excluding carboxylic acids is 4. The lowest BCUT2D eigenvalue weighted by atomic mass is 10.0. The van der Waals surface area contributed by atoms with Crippen molar-refractivity contribution < 1.29 is 34.0 Å². The number of anilines is 1. The molecule has 4 N–H and O–H groups in total. The van der Waals surface area contributed by atoms with Crippen LogP contribution in [-0.2, 0) is 30.4 Å². The van der Waals surface area contributed by atoms with Crippen LogP contribution in [-0.4, -0.2) is 69.2 Å². The average Bonchev–Trinajstić information content (AvgIpc) is 3.42. The number of aliphatic carboxylic acids is 1. The third-order valence-corrected chi connectivity index (χ3v) is 6.42. The number of nitrogens with zero attached hydrogens (tertiary/aromatic N) is 2. The number of carboxylic acids is 1. The summed E-state index contributed by atoms with van der Waals surface area (Å²) in [5.74, 6) is -3.29. The van der Waals surface area contributed by atoms with E-state index in [0.717, 1.165) is 5.56 Å². The molecular weight excluding hydrogens is 522 g/mol. The summed E-state index contributed by atoms with van der Waals surface area (Å²) in [7, 11) is 0. The predicted molar refractivity (Wildman–Crippen MR) is 143 cm³/mol. The Morgan fingerprint density at radius 1 is 1.02 bits per heavy atom. The third-order valence-electron chi connectivity index (χ3n) is 6.42. The predicted octanol–water partition coefficient (Wildman–Crippen LogP) is 1.62. The van der Waals surface area contributed by atoms with Gasteiger partial charge >= 0.3 is 5.97 Å². The Morgan fingerprint density at radius 2 is 1.70 bits per heavy atom. The quantitative estimate of drug-likeness (QED) is 0.225. The van der Waals surface area contributed by atoms with Crippen LogP contribution in [0.1, 0.15) is 38.2 Å². The summed E-state index contributed by atoms with van der Waals surface area (Å²) in [6.45, 7) is 1.75. The van der Waals surface area contributed by atoms with Gasteiger partial charge < -0.3 is 26.0 Å². The number of nitro benzene ring substituents is 1. The number of rotatable bonds is 12. The number of nitrogens with one attached hydrogen (secondary N) is 3. The minimum absolute atomic E-state index is 0.131. The van der Waals surface area contributed by atoms with Crippen molar-refractivity contribution in [1.82, 2.24) is 15.5 Å². The molecule has 0 aromatic heterocycles. The first kappa shape index (κ1) is 29.7. The zero-order valence-electron chi connectivity index (χ0n) is 21.9. The molecule has 1 aliphatic rings. The Morgan fingerprint density at radius 3 is 2.33 bits per heavy atom. The molecule has 13 heteroatoms. The van der Waals surface area contributed by atoms with Crippen molar-refractivity contribution in [2.24, 2.45) is 0 Å². The van der Waals surface area contributed by atoms with E-state index < -0.39 is 52.6 Å². The molecule has 0 bridgehead atoms. The molecule has 3 atom stereocenters. The first-order chi connectivity index (χ1) is 19.0. The molecule has 4 amide bonds. The zero-order valence-corrected chi connectivity index (χ0v) is 21.9. The second kappa shape index (κ2) is 13.8. The van der Waals surface area contributed by atoms with E-state index in [4.69, 9.17) is 5.11 Å². The molecule has 0 saturated carbocycles. The summed E-state index contributed by atoms with van der Waals surface area (Å²) in [6.07, 6.45) is 0.376. The first-order valence-corrected chi connectivity index (χ1v) is 12.8. The number of hydrogen-bond donors (Lipinski definition) is 4. The molecule has 212 valence electrons. The molecule has 0 radical (unpaired) electrons. The van der Waals surface area contributed by atoms with Crippen molar-refractivity contribution in [3.63, 3.8) is 0 Å². The molecule has 0 unspecified atom stereocenters. The maximum Gasteiger partial charge on any atom is 0.303 e. The lowest BCUT2D eigenvalue weighted by Gasteiger charge is -2.29. The minimum Gasteiger partial charge on any atom is -0.481 e. The van der Waals surface area contributed by atoms with Gasteiger partial charge in [0.15, 0.2) is 0 Å². The standard InChI is InChI=1S/C27H31N5O8/c1-17(25(36)29-19-9-11-20(12-10-19)32(39)40)28-26(37)22-8-5-15-31(22)27(38)21(16-18-6-3-2-4-7-18)30-23(33)13-14-24(34)35/h2-4,6-7,9-12,17,21-22H,5,8,13-16H2,1H3,(H,28,37)(H,29,36)(H,30,33)(H,34,35)/t17-,21+,22-/m0/s1. The van der Waals surface area contributed by atoms with Crippen LogP contribution < -0.4 is 16.0 Å². The third kappa shape index (κ3) is 8.35. The fourth-order valence-electron chi connectivity index (χ4n) is 4.33. The molecule has 1 aliphatic heterocycles. The molecule has 2 aromatic rings. The smallest absolute Gasteiger partial charge is 0.303 e. The Labute approximate surface area is 230 Å². The van der Waals surface area contributed by atoms with Crippen LogP contribution in [0, 0.1) is 10.1 Å². The highest BCUT2D eigenvalue weighted by Crippen LogP contribution is 2.21. The van der Waals surface area contributed by atoms with Gasteiger partial charge in [0.05, 0.1) is 11.3 Å². The largest absolute Gasteiger partial charge is 0.481 e. The Kier molecular flexibility index (Phi) is 10.3. The van der Waals surface area contributed by atoms with E-state index in [0.29, 0.717) is 18.5 Å². The van der Waals surface area contributed by atoms with Gasteiger partial charge in [0.2, 0.25) is 23.6 Å². The maximum absolute atomic E-state index is 13.6. The number of benzene rings is 2. The van der Waals surface area contributed by atoms with Crippen LogP contribution in [0.4, 0.5) is 11.4 Å². The molecule has 1 fully saturated rings. The van der Waals surface area contributed by atoms with Gasteiger partial charge in [-0.2, -0.15) is 0 Å². The van der Waals surface area contributed by atoms with E-state index in [2.05, 4.69) is 16.0 Å². The van der Waals surface area contributed by atoms with E-state index in [1.165, 1.54) is 36.1 Å². The van der Waals surface area contributed by atoms with Gasteiger partial charge in [-0.15, -0.1) is 0 Å². The molecule has 3 rings (SSSR count). The highest BCUT2D eigenvalue weighted by atomic mass is 16.6. The van der Waals surface area contributed by atoms with E-state index in [9.17, 15) is 34.1 Å². The second-order valence-electron chi connectivity index (χ2n) is 9.42. The molecule has 1 saturated heterocycles. The molecule has 40 heavy (non-hydrogen) atoms. The molecule has 1 heterocycles. The summed E-state index contributed by atoms with van der Waals surface area (Å²) >= 11 is 0. The van der Waals surface area contributed by atoms with E-state index in [1.54, 1.807) is 24.3 Å². The Balaban J connectivity index is 1.65. The molecular formula is C27H31N5O8. The number of amides is 4. The normalized spacial score (nSPS) is 15.9. The highest BCUT2D eigenvalue weighted by Gasteiger charge is 2.38. The number of likely N-dealkylation sites (tertiary alicyclic amines) is 1. The van der Waals surface area contributed by atoms with Gasteiger partial charge in [0.25, 0.3) is 5.69 Å². The summed E-state index contributed by atoms with van der Waals surface area (Å²) in [6, 6.07) is 11.4. The van der Waals surface area contributed by atoms with Crippen molar-refractivity contribution >= 4 is 41.0 Å². The van der Waals surface area contributed by atoms with Gasteiger partial charge in [-0.25, -0.2) is 0 Å². The van der Waals surface area contributed by atoms with Crippen molar-refractivity contribution in [2.75, 3.05) is 11.9 Å². The maximum atomic E-state index is 13.6. The van der Waals surface area contributed by atoms with Crippen LogP contribution in [0.25, 0.3) is 0 Å². The summed E-state index contributed by atoms with van der Waals surface area (Å²) in [5.41, 5.74) is 0.960. The number of hydrogen-bond acceptors (Lipinski definition) is 7. The average molecular weight is 554 g/mol. The Bertz CT molecular complexity index is 1250. The van der Waals surface area contributed by atoms with Crippen molar-refractivity contribution in [3.05, 3.63) is 70.3 Å². The van der Waals surface area contributed by atoms with Gasteiger partial charge in [-0.05, 0) is 37.5 Å². The van der Waals surface area contributed by atoms with Crippen LogP contribution in [0.3, 0.4) is 0 Å². The lowest BCUT2D eigenvalue weighted by Crippen LogP contribution is -2.55. The number of non-ortho nitro benzene ring substituents is 1. The molecule has 0 aliphatic carbocycles. The van der Waals surface area contributed by atoms with Gasteiger partial charge in [0, 0.05) is 37.2 Å². The van der Waals surface area contributed by atoms with Crippen LogP contribution >= 0.6 is 0 Å². The summed E-state index contributed by atoms with van der Waals surface area (Å²) < 4.78 is 0. The van der Waals surface area contributed by atoms with Crippen molar-refractivity contribution in [3.8, 4) is 0 Å². The number of nitro groups is 1. The summed E-state index contributed by atoms with van der Waals surface area (Å²) in [5, 5.41) is 27.5. The molecule has 0 spiro atoms. The van der Waals surface area contributed by atoms with Gasteiger partial charge in [-0.3, -0.25) is 34.1 Å². The van der Waals surface area contributed by atoms with Crippen LogP contribution in [0.5, 0.6) is 0 Å². The van der Waals surface area contributed by atoms with E-state index in [1.807, 2.05) is 6.07 Å². The summed E-state index contributed by atoms with van der Waals surface area (Å²) in [4.78, 5) is 74.2. The Hall–Kier alpha value is -4.81. The second-order valence-corrected chi connectivity index (χ2v) is 9.42. The topological polar surface area (TPSA) is 188 Å². The van der Waals surface area contributed by atoms with Crippen LogP contribution in [0.15, 0.2) is 54.6 Å². The fourth-order valence-corrected chi connectivity index (χ4v) is 4.33. The number of carboxylic acid groups (broad SMARTS) is 1. The lowest BCUT2D eigenvalue weighted by molar-refractivity contribution is -0.384. The SMILES string of the molecule is C[C@H](NC(=O)[C@@H]1CCCN1C(=O)[C@@H](Cc1ccccc1)NC(=O)CCC(=O)O)C(=O)Nc1ccc([N+](=O)[O-])cc1. The number of carbonyl (C=O) groups is 5. The first-order valence-electron chi connectivity index (χ1n) is 12.8. The fraction of sp³-hybridized carbons (Fsp3) is 0.370. The van der Waals surface area contributed by atoms with Crippen molar-refractivity contribution in [2.45, 2.75) is 57.2 Å². The van der Waals surface area contributed by atoms with Gasteiger partial charge in [0.1, 0.15) is 18.1 Å². The minimum atomic E-state index is -1.14. The molecule has 2 aromatic carbocycles. The molecule has 13 nitrogen and oxygen atoms in total. The van der Waals surface area contributed by atoms with Gasteiger partial charge in [-0.1, -0.05) is 30.3 Å². The van der Waals surface area contributed by atoms with E-state index >= 15 is 0 Å². The van der Waals surface area contributed by atoms with Crippen LogP contribution in [0.2, 0.25) is 0 Å². The van der Waals surface area contributed by atoms with Crippen molar-refractivity contribution in [1.29, 1.82) is 0 Å². The monoisotopic (exact) mass is 553 g/mol. The zero-order chi connectivity index (χ0) is 29.2. The highest BCUT2D eigenvalue weighted by molar-refractivity contribution is 5.99. The van der Waals surface area contributed by atoms with E-state index in [-0.39, 0.29) is 31.5 Å².